The van der Waals surface area contributed by atoms with Crippen LogP contribution in [0.25, 0.3) is 0 Å². The van der Waals surface area contributed by atoms with Gasteiger partial charge in [0, 0.05) is 24.5 Å². The highest BCUT2D eigenvalue weighted by Gasteiger charge is 2.47. The molecule has 0 aliphatic carbocycles. The molecule has 2 rings (SSSR count). The van der Waals surface area contributed by atoms with Gasteiger partial charge in [0.1, 0.15) is 0 Å². The minimum atomic E-state index is 0.166. The minimum Gasteiger partial charge on any atom is -0.378 e. The zero-order valence-corrected chi connectivity index (χ0v) is 8.30. The predicted molar refractivity (Wildman–Crippen MR) is 49.3 cm³/mol. The third-order valence-electron chi connectivity index (χ3n) is 3.62. The van der Waals surface area contributed by atoms with Gasteiger partial charge in [0.15, 0.2) is 0 Å². The lowest BCUT2D eigenvalue weighted by atomic mass is 9.71. The molecule has 1 N–H and O–H groups in total. The maximum atomic E-state index is 11.4. The SMILES string of the molecule is CC1CC2(CCO1)CNC(=O)C2C. The lowest BCUT2D eigenvalue weighted by Crippen LogP contribution is -2.39. The summed E-state index contributed by atoms with van der Waals surface area (Å²) in [7, 11) is 0. The van der Waals surface area contributed by atoms with Gasteiger partial charge in [-0.15, -0.1) is 0 Å². The number of rotatable bonds is 0. The van der Waals surface area contributed by atoms with Crippen molar-refractivity contribution in [3.05, 3.63) is 0 Å². The number of carbonyl (C=O) groups is 1. The van der Waals surface area contributed by atoms with E-state index in [9.17, 15) is 4.79 Å². The molecule has 0 aromatic heterocycles. The van der Waals surface area contributed by atoms with Crippen molar-refractivity contribution in [2.75, 3.05) is 13.2 Å². The van der Waals surface area contributed by atoms with Gasteiger partial charge < -0.3 is 10.1 Å². The van der Waals surface area contributed by atoms with Crippen LogP contribution in [0.5, 0.6) is 0 Å². The van der Waals surface area contributed by atoms with Crippen LogP contribution < -0.4 is 5.32 Å². The van der Waals surface area contributed by atoms with Gasteiger partial charge in [0.2, 0.25) is 5.91 Å². The molecule has 3 atom stereocenters. The normalized spacial score (nSPS) is 45.2. The third kappa shape index (κ3) is 1.35. The summed E-state index contributed by atoms with van der Waals surface area (Å²) in [6.45, 7) is 5.79. The Hall–Kier alpha value is -0.570. The second-order valence-electron chi connectivity index (χ2n) is 4.44. The summed E-state index contributed by atoms with van der Waals surface area (Å²) in [4.78, 5) is 11.4. The molecular formula is C10H17NO2. The Morgan fingerprint density at radius 3 is 2.85 bits per heavy atom. The van der Waals surface area contributed by atoms with Crippen LogP contribution in [-0.2, 0) is 9.53 Å². The van der Waals surface area contributed by atoms with Crippen molar-refractivity contribution in [1.29, 1.82) is 0 Å². The molecule has 3 nitrogen and oxygen atoms in total. The quantitative estimate of drug-likeness (QED) is 0.607. The molecule has 3 heteroatoms. The van der Waals surface area contributed by atoms with E-state index in [2.05, 4.69) is 12.2 Å². The molecule has 2 aliphatic heterocycles. The molecule has 0 aromatic carbocycles. The standard InChI is InChI=1S/C10H17NO2/c1-7-5-10(3-4-13-7)6-11-9(12)8(10)2/h7-8H,3-6H2,1-2H3,(H,11,12). The van der Waals surface area contributed by atoms with Crippen molar-refractivity contribution < 1.29 is 9.53 Å². The lowest BCUT2D eigenvalue weighted by molar-refractivity contribution is -0.125. The molecule has 0 radical (unpaired) electrons. The highest BCUT2D eigenvalue weighted by atomic mass is 16.5. The second kappa shape index (κ2) is 2.98. The first-order chi connectivity index (χ1) is 6.14. The molecule has 2 saturated heterocycles. The summed E-state index contributed by atoms with van der Waals surface area (Å²) in [5, 5.41) is 2.96. The molecule has 0 saturated carbocycles. The maximum Gasteiger partial charge on any atom is 0.223 e. The smallest absolute Gasteiger partial charge is 0.223 e. The topological polar surface area (TPSA) is 38.3 Å². The van der Waals surface area contributed by atoms with Gasteiger partial charge in [-0.3, -0.25) is 4.79 Å². The fourth-order valence-corrected chi connectivity index (χ4v) is 2.60. The van der Waals surface area contributed by atoms with E-state index in [0.29, 0.717) is 6.10 Å². The Morgan fingerprint density at radius 1 is 1.54 bits per heavy atom. The molecule has 1 spiro atoms. The zero-order valence-electron chi connectivity index (χ0n) is 8.30. The van der Waals surface area contributed by atoms with Crippen molar-refractivity contribution in [2.24, 2.45) is 11.3 Å². The summed E-state index contributed by atoms with van der Waals surface area (Å²) < 4.78 is 5.51. The summed E-state index contributed by atoms with van der Waals surface area (Å²) >= 11 is 0. The van der Waals surface area contributed by atoms with Crippen LogP contribution in [0.15, 0.2) is 0 Å². The Labute approximate surface area is 78.8 Å². The van der Waals surface area contributed by atoms with E-state index in [4.69, 9.17) is 4.74 Å². The van der Waals surface area contributed by atoms with E-state index in [-0.39, 0.29) is 17.2 Å². The first-order valence-electron chi connectivity index (χ1n) is 5.03. The summed E-state index contributed by atoms with van der Waals surface area (Å²) in [5.41, 5.74) is 0.189. The van der Waals surface area contributed by atoms with E-state index in [1.54, 1.807) is 0 Å². The average Bonchev–Trinajstić information content (AvgIpc) is 2.35. The van der Waals surface area contributed by atoms with Crippen LogP contribution >= 0.6 is 0 Å². The fourth-order valence-electron chi connectivity index (χ4n) is 2.60. The third-order valence-corrected chi connectivity index (χ3v) is 3.62. The first kappa shape index (κ1) is 9.00. The van der Waals surface area contributed by atoms with Crippen molar-refractivity contribution in [1.82, 2.24) is 5.32 Å². The lowest BCUT2D eigenvalue weighted by Gasteiger charge is -2.38. The van der Waals surface area contributed by atoms with E-state index in [0.717, 1.165) is 26.0 Å². The highest BCUT2D eigenvalue weighted by Crippen LogP contribution is 2.42. The van der Waals surface area contributed by atoms with Crippen molar-refractivity contribution in [2.45, 2.75) is 32.8 Å². The predicted octanol–water partition coefficient (Wildman–Crippen LogP) is 0.938. The number of carbonyl (C=O) groups excluding carboxylic acids is 1. The Bertz CT molecular complexity index is 229. The van der Waals surface area contributed by atoms with Gasteiger partial charge in [-0.2, -0.15) is 0 Å². The molecule has 2 aliphatic rings. The molecule has 74 valence electrons. The number of nitrogens with one attached hydrogen (secondary N) is 1. The van der Waals surface area contributed by atoms with Crippen LogP contribution in [0.3, 0.4) is 0 Å². The van der Waals surface area contributed by atoms with Crippen molar-refractivity contribution in [3.8, 4) is 0 Å². The van der Waals surface area contributed by atoms with E-state index >= 15 is 0 Å². The monoisotopic (exact) mass is 183 g/mol. The maximum absolute atomic E-state index is 11.4. The number of amides is 1. The van der Waals surface area contributed by atoms with Gasteiger partial charge in [-0.25, -0.2) is 0 Å². The van der Waals surface area contributed by atoms with Gasteiger partial charge in [0.25, 0.3) is 0 Å². The Balaban J connectivity index is 2.15. The molecule has 1 amide bonds. The molecule has 2 fully saturated rings. The average molecular weight is 183 g/mol. The highest BCUT2D eigenvalue weighted by molar-refractivity contribution is 5.81. The molecule has 0 bridgehead atoms. The van der Waals surface area contributed by atoms with Crippen LogP contribution in [-0.4, -0.2) is 25.2 Å². The molecule has 2 heterocycles. The fraction of sp³-hybridized carbons (Fsp3) is 0.900. The number of hydrogen-bond acceptors (Lipinski definition) is 2. The van der Waals surface area contributed by atoms with Gasteiger partial charge in [-0.1, -0.05) is 6.92 Å². The van der Waals surface area contributed by atoms with Crippen LogP contribution in [0, 0.1) is 11.3 Å². The van der Waals surface area contributed by atoms with Crippen molar-refractivity contribution in [3.63, 3.8) is 0 Å². The molecule has 13 heavy (non-hydrogen) atoms. The van der Waals surface area contributed by atoms with Gasteiger partial charge >= 0.3 is 0 Å². The zero-order chi connectivity index (χ0) is 9.47. The van der Waals surface area contributed by atoms with Crippen LogP contribution in [0.4, 0.5) is 0 Å². The first-order valence-corrected chi connectivity index (χ1v) is 5.03. The van der Waals surface area contributed by atoms with Crippen LogP contribution in [0.2, 0.25) is 0 Å². The largest absolute Gasteiger partial charge is 0.378 e. The molecule has 3 unspecified atom stereocenters. The Morgan fingerprint density at radius 2 is 2.31 bits per heavy atom. The minimum absolute atomic E-state index is 0.166. The van der Waals surface area contributed by atoms with Gasteiger partial charge in [-0.05, 0) is 19.8 Å². The summed E-state index contributed by atoms with van der Waals surface area (Å²) in [5.74, 6) is 0.382. The van der Waals surface area contributed by atoms with Gasteiger partial charge in [0.05, 0.1) is 6.10 Å². The molecular weight excluding hydrogens is 166 g/mol. The number of ether oxygens (including phenoxy) is 1. The van der Waals surface area contributed by atoms with E-state index in [1.807, 2.05) is 6.92 Å². The Kier molecular flexibility index (Phi) is 2.06. The van der Waals surface area contributed by atoms with Crippen LogP contribution in [0.1, 0.15) is 26.7 Å². The molecule has 0 aromatic rings. The second-order valence-corrected chi connectivity index (χ2v) is 4.44. The summed E-state index contributed by atoms with van der Waals surface area (Å²) in [6, 6.07) is 0. The number of hydrogen-bond donors (Lipinski definition) is 1. The van der Waals surface area contributed by atoms with E-state index < -0.39 is 0 Å². The summed E-state index contributed by atoms with van der Waals surface area (Å²) in [6.07, 6.45) is 2.35. The van der Waals surface area contributed by atoms with E-state index in [1.165, 1.54) is 0 Å². The van der Waals surface area contributed by atoms with Crippen molar-refractivity contribution >= 4 is 5.91 Å².